The van der Waals surface area contributed by atoms with Gasteiger partial charge in [-0.3, -0.25) is 0 Å². The van der Waals surface area contributed by atoms with Crippen LogP contribution in [0.25, 0.3) is 11.7 Å². The van der Waals surface area contributed by atoms with E-state index in [1.807, 2.05) is 0 Å². The second kappa shape index (κ2) is 5.03. The molecule has 0 saturated heterocycles. The van der Waals surface area contributed by atoms with E-state index in [9.17, 15) is 0 Å². The largest absolute Gasteiger partial charge is 0.458 e. The molecule has 1 aliphatic rings. The summed E-state index contributed by atoms with van der Waals surface area (Å²) in [7, 11) is 0. The minimum Gasteiger partial charge on any atom is -0.458 e. The summed E-state index contributed by atoms with van der Waals surface area (Å²) in [4.78, 5) is 4.34. The van der Waals surface area contributed by atoms with E-state index in [4.69, 9.17) is 14.7 Å². The molecule has 0 radical (unpaired) electrons. The van der Waals surface area contributed by atoms with E-state index in [2.05, 4.69) is 26.1 Å². The van der Waals surface area contributed by atoms with Gasteiger partial charge in [-0.2, -0.15) is 4.98 Å². The van der Waals surface area contributed by atoms with Gasteiger partial charge in [0.05, 0.1) is 16.3 Å². The lowest BCUT2D eigenvalue weighted by atomic mass is 9.99. The van der Waals surface area contributed by atoms with Gasteiger partial charge in [0.15, 0.2) is 5.82 Å². The molecular formula is C11H13BrClN3O2. The molecule has 0 spiro atoms. The third kappa shape index (κ3) is 2.20. The molecule has 2 N–H and O–H groups in total. The Morgan fingerprint density at radius 3 is 2.67 bits per heavy atom. The number of hydrogen-bond donors (Lipinski definition) is 1. The van der Waals surface area contributed by atoms with E-state index in [0.717, 1.165) is 30.2 Å². The molecule has 0 aliphatic heterocycles. The number of rotatable bonds is 2. The maximum atomic E-state index is 6.26. The van der Waals surface area contributed by atoms with Gasteiger partial charge >= 0.3 is 0 Å². The first-order chi connectivity index (χ1) is 8.19. The molecule has 2 aromatic rings. The molecule has 0 amide bonds. The summed E-state index contributed by atoms with van der Waals surface area (Å²) in [6, 6.07) is 1.78. The summed E-state index contributed by atoms with van der Waals surface area (Å²) in [6.07, 6.45) is 5.61. The summed E-state index contributed by atoms with van der Waals surface area (Å²) in [6.45, 7) is 0. The Hall–Kier alpha value is -0.850. The van der Waals surface area contributed by atoms with E-state index in [0.29, 0.717) is 17.5 Å². The first-order valence-corrected chi connectivity index (χ1v) is 6.35. The highest BCUT2D eigenvalue weighted by molar-refractivity contribution is 9.10. The van der Waals surface area contributed by atoms with Crippen LogP contribution >= 0.6 is 28.3 Å². The van der Waals surface area contributed by atoms with Gasteiger partial charge in [-0.05, 0) is 34.8 Å². The van der Waals surface area contributed by atoms with Crippen molar-refractivity contribution in [3.8, 4) is 11.7 Å². The van der Waals surface area contributed by atoms with E-state index >= 15 is 0 Å². The standard InChI is InChI=1S/C11H12BrN3O2.ClH/c12-7-3-6-16-8(7)9-14-10(15-17-9)11(13)4-1-2-5-11;/h3,6H,1-2,4-5,13H2;1H. The number of nitrogens with two attached hydrogens (primary N) is 1. The van der Waals surface area contributed by atoms with Crippen molar-refractivity contribution in [3.05, 3.63) is 22.6 Å². The second-order valence-electron chi connectivity index (χ2n) is 4.38. The third-order valence-electron chi connectivity index (χ3n) is 3.18. The van der Waals surface area contributed by atoms with Crippen molar-refractivity contribution in [1.29, 1.82) is 0 Å². The molecule has 1 saturated carbocycles. The Morgan fingerprint density at radius 1 is 1.33 bits per heavy atom. The summed E-state index contributed by atoms with van der Waals surface area (Å²) in [5, 5.41) is 3.98. The van der Waals surface area contributed by atoms with Crippen molar-refractivity contribution in [3.63, 3.8) is 0 Å². The van der Waals surface area contributed by atoms with Crippen LogP contribution < -0.4 is 5.73 Å². The number of aromatic nitrogens is 2. The van der Waals surface area contributed by atoms with Crippen molar-refractivity contribution < 1.29 is 8.94 Å². The highest BCUT2D eigenvalue weighted by atomic mass is 79.9. The van der Waals surface area contributed by atoms with Crippen LogP contribution in [0.15, 0.2) is 25.7 Å². The second-order valence-corrected chi connectivity index (χ2v) is 5.24. The van der Waals surface area contributed by atoms with Gasteiger partial charge in [-0.1, -0.05) is 18.0 Å². The molecule has 2 heterocycles. The predicted molar refractivity (Wildman–Crippen MR) is 71.3 cm³/mol. The molecule has 3 rings (SSSR count). The highest BCUT2D eigenvalue weighted by Gasteiger charge is 2.36. The summed E-state index contributed by atoms with van der Waals surface area (Å²) in [5.74, 6) is 1.49. The zero-order chi connectivity index (χ0) is 11.9. The van der Waals surface area contributed by atoms with Crippen LogP contribution in [-0.4, -0.2) is 10.1 Å². The SMILES string of the molecule is Cl.NC1(c2noc(-c3occc3Br)n2)CCCC1. The van der Waals surface area contributed by atoms with Crippen LogP contribution in [0.1, 0.15) is 31.5 Å². The van der Waals surface area contributed by atoms with Gasteiger partial charge in [-0.25, -0.2) is 0 Å². The van der Waals surface area contributed by atoms with Crippen LogP contribution in [0.3, 0.4) is 0 Å². The number of hydrogen-bond acceptors (Lipinski definition) is 5. The van der Waals surface area contributed by atoms with Crippen LogP contribution in [0.2, 0.25) is 0 Å². The fourth-order valence-corrected chi connectivity index (χ4v) is 2.56. The molecule has 2 aromatic heterocycles. The first kappa shape index (κ1) is 13.6. The fraction of sp³-hybridized carbons (Fsp3) is 0.455. The quantitative estimate of drug-likeness (QED) is 0.912. The van der Waals surface area contributed by atoms with Crippen LogP contribution in [0.4, 0.5) is 0 Å². The average Bonchev–Trinajstić information content (AvgIpc) is 2.97. The Bertz CT molecular complexity index is 534. The van der Waals surface area contributed by atoms with Crippen molar-refractivity contribution in [2.24, 2.45) is 5.73 Å². The monoisotopic (exact) mass is 333 g/mol. The third-order valence-corrected chi connectivity index (χ3v) is 3.80. The molecule has 0 unspecified atom stereocenters. The van der Waals surface area contributed by atoms with Crippen LogP contribution in [-0.2, 0) is 5.54 Å². The van der Waals surface area contributed by atoms with Gasteiger partial charge in [0.25, 0.3) is 5.89 Å². The molecule has 7 heteroatoms. The molecule has 98 valence electrons. The zero-order valence-corrected chi connectivity index (χ0v) is 12.0. The molecule has 0 atom stereocenters. The lowest BCUT2D eigenvalue weighted by Gasteiger charge is -2.17. The Kier molecular flexibility index (Phi) is 3.79. The van der Waals surface area contributed by atoms with Gasteiger partial charge in [0.1, 0.15) is 0 Å². The number of halogens is 2. The lowest BCUT2D eigenvalue weighted by Crippen LogP contribution is -2.34. The topological polar surface area (TPSA) is 78.1 Å². The molecule has 1 aliphatic carbocycles. The van der Waals surface area contributed by atoms with Gasteiger partial charge in [0, 0.05) is 0 Å². The Morgan fingerprint density at radius 2 is 2.06 bits per heavy atom. The van der Waals surface area contributed by atoms with E-state index in [1.165, 1.54) is 0 Å². The molecule has 5 nitrogen and oxygen atoms in total. The lowest BCUT2D eigenvalue weighted by molar-refractivity contribution is 0.368. The smallest absolute Gasteiger partial charge is 0.294 e. The molecular weight excluding hydrogens is 321 g/mol. The van der Waals surface area contributed by atoms with Gasteiger partial charge in [0.2, 0.25) is 5.76 Å². The summed E-state index contributed by atoms with van der Waals surface area (Å²) >= 11 is 3.36. The minimum atomic E-state index is -0.430. The van der Waals surface area contributed by atoms with Crippen LogP contribution in [0, 0.1) is 0 Å². The van der Waals surface area contributed by atoms with Crippen molar-refractivity contribution in [2.75, 3.05) is 0 Å². The van der Waals surface area contributed by atoms with Crippen LogP contribution in [0.5, 0.6) is 0 Å². The fourth-order valence-electron chi connectivity index (χ4n) is 2.19. The van der Waals surface area contributed by atoms with E-state index < -0.39 is 5.54 Å². The molecule has 18 heavy (non-hydrogen) atoms. The van der Waals surface area contributed by atoms with E-state index in [-0.39, 0.29) is 12.4 Å². The first-order valence-electron chi connectivity index (χ1n) is 5.55. The predicted octanol–water partition coefficient (Wildman–Crippen LogP) is 3.24. The summed E-state index contributed by atoms with van der Waals surface area (Å²) < 4.78 is 11.3. The van der Waals surface area contributed by atoms with E-state index in [1.54, 1.807) is 12.3 Å². The Balaban J connectivity index is 0.00000120. The summed E-state index contributed by atoms with van der Waals surface area (Å²) in [5.41, 5.74) is 5.83. The molecule has 1 fully saturated rings. The maximum Gasteiger partial charge on any atom is 0.294 e. The molecule has 0 bridgehead atoms. The zero-order valence-electron chi connectivity index (χ0n) is 9.56. The van der Waals surface area contributed by atoms with Crippen molar-refractivity contribution in [1.82, 2.24) is 10.1 Å². The minimum absolute atomic E-state index is 0. The average molecular weight is 335 g/mol. The maximum absolute atomic E-state index is 6.26. The Labute approximate surface area is 119 Å². The van der Waals surface area contributed by atoms with Gasteiger partial charge < -0.3 is 14.7 Å². The normalized spacial score (nSPS) is 17.7. The molecule has 0 aromatic carbocycles. The number of nitrogens with zero attached hydrogens (tertiary/aromatic N) is 2. The number of furan rings is 1. The van der Waals surface area contributed by atoms with Crippen molar-refractivity contribution >= 4 is 28.3 Å². The van der Waals surface area contributed by atoms with Gasteiger partial charge in [-0.15, -0.1) is 12.4 Å². The highest BCUT2D eigenvalue weighted by Crippen LogP contribution is 2.36. The van der Waals surface area contributed by atoms with Crippen molar-refractivity contribution in [2.45, 2.75) is 31.2 Å².